The number of pyridine rings is 2. The summed E-state index contributed by atoms with van der Waals surface area (Å²) in [5, 5.41) is 0.689. The highest BCUT2D eigenvalue weighted by Gasteiger charge is 2.13. The molecule has 0 fully saturated rings. The Balaban J connectivity index is 1.79. The third kappa shape index (κ3) is 2.88. The second kappa shape index (κ2) is 6.42. The van der Waals surface area contributed by atoms with Crippen molar-refractivity contribution in [2.75, 3.05) is 0 Å². The summed E-state index contributed by atoms with van der Waals surface area (Å²) in [5.41, 5.74) is 4.05. The minimum atomic E-state index is 0.689. The van der Waals surface area contributed by atoms with Crippen LogP contribution < -0.4 is 0 Å². The first kappa shape index (κ1) is 14.8. The van der Waals surface area contributed by atoms with Gasteiger partial charge >= 0.3 is 0 Å². The molecule has 3 heterocycles. The number of hydrogen-bond donors (Lipinski definition) is 0. The summed E-state index contributed by atoms with van der Waals surface area (Å²) in [5.74, 6) is 0.863. The molecule has 0 aliphatic rings. The van der Waals surface area contributed by atoms with Gasteiger partial charge in [-0.15, -0.1) is 0 Å². The lowest BCUT2D eigenvalue weighted by Crippen LogP contribution is -2.04. The fraction of sp³-hybridized carbons (Fsp3) is 0.105. The summed E-state index contributed by atoms with van der Waals surface area (Å²) in [6, 6.07) is 15.7. The molecule has 0 aliphatic heterocycles. The molecule has 0 unspecified atom stereocenters. The van der Waals surface area contributed by atoms with E-state index in [9.17, 15) is 0 Å². The predicted octanol–water partition coefficient (Wildman–Crippen LogP) is 4.39. The number of aromatic nitrogens is 4. The first-order chi connectivity index (χ1) is 11.8. The third-order valence-electron chi connectivity index (χ3n) is 3.98. The molecule has 0 N–H and O–H groups in total. The summed E-state index contributed by atoms with van der Waals surface area (Å²) >= 11 is 6.13. The third-order valence-corrected chi connectivity index (χ3v) is 4.21. The van der Waals surface area contributed by atoms with Crippen LogP contribution in [-0.2, 0) is 13.0 Å². The van der Waals surface area contributed by atoms with Crippen molar-refractivity contribution in [3.63, 3.8) is 0 Å². The fourth-order valence-corrected chi connectivity index (χ4v) is 2.98. The van der Waals surface area contributed by atoms with Crippen LogP contribution in [0, 0.1) is 0 Å². The van der Waals surface area contributed by atoms with Gasteiger partial charge < -0.3 is 4.57 Å². The Kier molecular flexibility index (Phi) is 3.97. The van der Waals surface area contributed by atoms with E-state index in [4.69, 9.17) is 16.6 Å². The van der Waals surface area contributed by atoms with E-state index in [1.54, 1.807) is 6.20 Å². The highest BCUT2D eigenvalue weighted by molar-refractivity contribution is 6.31. The van der Waals surface area contributed by atoms with Crippen LogP contribution in [0.1, 0.15) is 5.56 Å². The number of rotatable bonds is 4. The number of benzene rings is 1. The van der Waals surface area contributed by atoms with Crippen LogP contribution in [0.2, 0.25) is 5.02 Å². The van der Waals surface area contributed by atoms with E-state index < -0.39 is 0 Å². The van der Waals surface area contributed by atoms with Crippen molar-refractivity contribution < 1.29 is 0 Å². The highest BCUT2D eigenvalue weighted by Crippen LogP contribution is 2.26. The van der Waals surface area contributed by atoms with Crippen LogP contribution in [0.15, 0.2) is 67.1 Å². The maximum atomic E-state index is 6.13. The minimum absolute atomic E-state index is 0.689. The first-order valence-corrected chi connectivity index (χ1v) is 8.15. The molecule has 0 saturated carbocycles. The van der Waals surface area contributed by atoms with Gasteiger partial charge in [-0.25, -0.2) is 4.98 Å². The molecule has 1 aromatic carbocycles. The maximum absolute atomic E-state index is 6.13. The van der Waals surface area contributed by atoms with Crippen LogP contribution in [0.3, 0.4) is 0 Å². The Morgan fingerprint density at radius 2 is 1.83 bits per heavy atom. The standard InChI is InChI=1S/C19H15ClN4/c20-15-4-5-18-17(13-15)23-19(16-3-1-2-9-22-16)24(18)12-8-14-6-10-21-11-7-14/h1-7,9-11,13H,8,12H2. The van der Waals surface area contributed by atoms with Gasteiger partial charge in [0.05, 0.1) is 11.0 Å². The van der Waals surface area contributed by atoms with Crippen LogP contribution in [0.5, 0.6) is 0 Å². The second-order valence-corrected chi connectivity index (χ2v) is 5.98. The van der Waals surface area contributed by atoms with Crippen molar-refractivity contribution >= 4 is 22.6 Å². The highest BCUT2D eigenvalue weighted by atomic mass is 35.5. The van der Waals surface area contributed by atoms with E-state index in [2.05, 4.69) is 14.5 Å². The SMILES string of the molecule is Clc1ccc2c(c1)nc(-c1ccccn1)n2CCc1ccncc1. The molecule has 4 aromatic rings. The molecule has 24 heavy (non-hydrogen) atoms. The maximum Gasteiger partial charge on any atom is 0.159 e. The topological polar surface area (TPSA) is 43.6 Å². The van der Waals surface area contributed by atoms with Crippen molar-refractivity contribution in [2.24, 2.45) is 0 Å². The molecule has 0 bridgehead atoms. The van der Waals surface area contributed by atoms with Gasteiger partial charge in [-0.05, 0) is 54.4 Å². The summed E-state index contributed by atoms with van der Waals surface area (Å²) in [6.45, 7) is 0.814. The zero-order valence-electron chi connectivity index (χ0n) is 12.9. The normalized spacial score (nSPS) is 11.0. The summed E-state index contributed by atoms with van der Waals surface area (Å²) in [4.78, 5) is 13.3. The van der Waals surface area contributed by atoms with Gasteiger partial charge in [-0.1, -0.05) is 17.7 Å². The van der Waals surface area contributed by atoms with Gasteiger partial charge in [-0.3, -0.25) is 9.97 Å². The lowest BCUT2D eigenvalue weighted by Gasteiger charge is -2.09. The number of halogens is 1. The van der Waals surface area contributed by atoms with Crippen LogP contribution in [0.4, 0.5) is 0 Å². The average molecular weight is 335 g/mol. The van der Waals surface area contributed by atoms with E-state index in [-0.39, 0.29) is 0 Å². The quantitative estimate of drug-likeness (QED) is 0.556. The van der Waals surface area contributed by atoms with Crippen molar-refractivity contribution in [1.29, 1.82) is 0 Å². The molecule has 0 saturated heterocycles. The lowest BCUT2D eigenvalue weighted by atomic mass is 10.2. The lowest BCUT2D eigenvalue weighted by molar-refractivity contribution is 0.720. The molecule has 4 nitrogen and oxygen atoms in total. The first-order valence-electron chi connectivity index (χ1n) is 7.77. The molecule has 118 valence electrons. The Morgan fingerprint density at radius 1 is 0.958 bits per heavy atom. The van der Waals surface area contributed by atoms with Crippen molar-refractivity contribution in [3.8, 4) is 11.5 Å². The number of hydrogen-bond acceptors (Lipinski definition) is 3. The fourth-order valence-electron chi connectivity index (χ4n) is 2.81. The molecule has 4 rings (SSSR count). The molecular weight excluding hydrogens is 320 g/mol. The molecule has 0 amide bonds. The molecule has 0 aliphatic carbocycles. The molecule has 0 atom stereocenters. The minimum Gasteiger partial charge on any atom is -0.322 e. The number of imidazole rings is 1. The van der Waals surface area contributed by atoms with E-state index in [1.807, 2.05) is 60.9 Å². The molecule has 3 aromatic heterocycles. The molecular formula is C19H15ClN4. The van der Waals surface area contributed by atoms with Gasteiger partial charge in [0.2, 0.25) is 0 Å². The van der Waals surface area contributed by atoms with E-state index in [1.165, 1.54) is 5.56 Å². The van der Waals surface area contributed by atoms with E-state index >= 15 is 0 Å². The Labute approximate surface area is 144 Å². The molecule has 5 heteroatoms. The van der Waals surface area contributed by atoms with Gasteiger partial charge in [0.1, 0.15) is 5.69 Å². The molecule has 0 spiro atoms. The smallest absolute Gasteiger partial charge is 0.159 e. The second-order valence-electron chi connectivity index (χ2n) is 5.54. The Hall–Kier alpha value is -2.72. The monoisotopic (exact) mass is 334 g/mol. The number of nitrogens with zero attached hydrogens (tertiary/aromatic N) is 4. The summed E-state index contributed by atoms with van der Waals surface area (Å²) < 4.78 is 2.20. The van der Waals surface area contributed by atoms with E-state index in [0.29, 0.717) is 5.02 Å². The number of fused-ring (bicyclic) bond motifs is 1. The summed E-state index contributed by atoms with van der Waals surface area (Å²) in [7, 11) is 0. The van der Waals surface area contributed by atoms with Gasteiger partial charge in [0.15, 0.2) is 5.82 Å². The number of aryl methyl sites for hydroxylation is 2. The predicted molar refractivity (Wildman–Crippen MR) is 95.9 cm³/mol. The zero-order valence-corrected chi connectivity index (χ0v) is 13.7. The summed E-state index contributed by atoms with van der Waals surface area (Å²) in [6.07, 6.45) is 6.33. The molecule has 0 radical (unpaired) electrons. The van der Waals surface area contributed by atoms with Crippen molar-refractivity contribution in [2.45, 2.75) is 13.0 Å². The van der Waals surface area contributed by atoms with E-state index in [0.717, 1.165) is 35.5 Å². The van der Waals surface area contributed by atoms with Gasteiger partial charge in [0.25, 0.3) is 0 Å². The van der Waals surface area contributed by atoms with Crippen molar-refractivity contribution in [1.82, 2.24) is 19.5 Å². The Bertz CT molecular complexity index is 965. The van der Waals surface area contributed by atoms with Crippen molar-refractivity contribution in [3.05, 3.63) is 77.7 Å². The van der Waals surface area contributed by atoms with Crippen LogP contribution in [0.25, 0.3) is 22.6 Å². The Morgan fingerprint density at radius 3 is 2.62 bits per heavy atom. The van der Waals surface area contributed by atoms with Gasteiger partial charge in [-0.2, -0.15) is 0 Å². The van der Waals surface area contributed by atoms with Crippen LogP contribution >= 0.6 is 11.6 Å². The largest absolute Gasteiger partial charge is 0.322 e. The average Bonchev–Trinajstić information content (AvgIpc) is 2.99. The van der Waals surface area contributed by atoms with Crippen LogP contribution in [-0.4, -0.2) is 19.5 Å². The van der Waals surface area contributed by atoms with Gasteiger partial charge in [0, 0.05) is 30.2 Å². The zero-order chi connectivity index (χ0) is 16.4.